The Morgan fingerprint density at radius 1 is 1.35 bits per heavy atom. The largest absolute Gasteiger partial charge is 0.483 e. The predicted octanol–water partition coefficient (Wildman–Crippen LogP) is 3.10. The minimum Gasteiger partial charge on any atom is -0.483 e. The number of hydrogen-bond acceptors (Lipinski definition) is 6. The summed E-state index contributed by atoms with van der Waals surface area (Å²) < 4.78 is 19.2. The van der Waals surface area contributed by atoms with E-state index in [4.69, 9.17) is 4.74 Å². The number of ether oxygens (including phenoxy) is 1. The van der Waals surface area contributed by atoms with Crippen molar-refractivity contribution in [2.24, 2.45) is 0 Å². The smallest absolute Gasteiger partial charge is 0.273 e. The Kier molecular flexibility index (Phi) is 4.37. The van der Waals surface area contributed by atoms with Gasteiger partial charge in [-0.1, -0.05) is 0 Å². The van der Waals surface area contributed by atoms with Crippen LogP contribution in [-0.4, -0.2) is 28.0 Å². The van der Waals surface area contributed by atoms with Gasteiger partial charge in [-0.2, -0.15) is 0 Å². The van der Waals surface area contributed by atoms with E-state index in [9.17, 15) is 24.4 Å². The third kappa shape index (κ3) is 2.88. The molecule has 1 aliphatic heterocycles. The van der Waals surface area contributed by atoms with E-state index in [1.807, 2.05) is 0 Å². The Hall–Kier alpha value is -3.00. The molecule has 136 valence electrons. The van der Waals surface area contributed by atoms with E-state index >= 15 is 0 Å². The number of nitro groups is 1. The number of carbonyl (C=O) groups excluding carboxylic acids is 1. The highest BCUT2D eigenvalue weighted by Gasteiger charge is 2.44. The molecule has 8 heteroatoms. The highest BCUT2D eigenvalue weighted by Crippen LogP contribution is 2.47. The summed E-state index contributed by atoms with van der Waals surface area (Å²) in [5.41, 5.74) is -0.149. The summed E-state index contributed by atoms with van der Waals surface area (Å²) >= 11 is 0. The summed E-state index contributed by atoms with van der Waals surface area (Å²) in [7, 11) is 0. The number of aliphatic hydroxyl groups excluding tert-OH is 1. The number of benzene rings is 2. The van der Waals surface area contributed by atoms with Gasteiger partial charge in [-0.05, 0) is 38.1 Å². The summed E-state index contributed by atoms with van der Waals surface area (Å²) in [6.45, 7) is 2.88. The van der Waals surface area contributed by atoms with Crippen LogP contribution in [0.5, 0.6) is 5.75 Å². The summed E-state index contributed by atoms with van der Waals surface area (Å²) in [5, 5.41) is 20.9. The molecule has 0 spiro atoms. The molecule has 0 saturated heterocycles. The van der Waals surface area contributed by atoms with Crippen molar-refractivity contribution in [2.45, 2.75) is 32.1 Å². The highest BCUT2D eigenvalue weighted by atomic mass is 19.1. The van der Waals surface area contributed by atoms with Crippen LogP contribution in [0, 0.1) is 15.9 Å². The van der Waals surface area contributed by atoms with E-state index in [2.05, 4.69) is 0 Å². The summed E-state index contributed by atoms with van der Waals surface area (Å²) in [6, 6.07) is 7.21. The lowest BCUT2D eigenvalue weighted by Gasteiger charge is -2.46. The number of aldehydes is 1. The Morgan fingerprint density at radius 2 is 2.00 bits per heavy atom. The van der Waals surface area contributed by atoms with E-state index in [0.717, 1.165) is 0 Å². The summed E-state index contributed by atoms with van der Waals surface area (Å²) in [6.07, 6.45) is 0.703. The van der Waals surface area contributed by atoms with Crippen molar-refractivity contribution >= 4 is 23.3 Å². The Labute approximate surface area is 148 Å². The highest BCUT2D eigenvalue weighted by molar-refractivity contribution is 5.83. The minimum absolute atomic E-state index is 0.177. The molecule has 2 aromatic carbocycles. The molecule has 1 aliphatic rings. The molecule has 1 N–H and O–H groups in total. The fourth-order valence-electron chi connectivity index (χ4n) is 3.14. The van der Waals surface area contributed by atoms with Gasteiger partial charge in [-0.25, -0.2) is 4.39 Å². The molecule has 0 saturated carbocycles. The quantitative estimate of drug-likeness (QED) is 0.512. The van der Waals surface area contributed by atoms with Gasteiger partial charge in [0, 0.05) is 17.3 Å². The van der Waals surface area contributed by atoms with Crippen LogP contribution in [0.3, 0.4) is 0 Å². The molecule has 0 amide bonds. The van der Waals surface area contributed by atoms with Crippen LogP contribution in [0.2, 0.25) is 0 Å². The van der Waals surface area contributed by atoms with Gasteiger partial charge in [-0.3, -0.25) is 10.1 Å². The van der Waals surface area contributed by atoms with E-state index in [1.54, 1.807) is 18.7 Å². The third-order valence-electron chi connectivity index (χ3n) is 4.36. The maximum absolute atomic E-state index is 13.3. The average Bonchev–Trinajstić information content (AvgIpc) is 2.59. The van der Waals surface area contributed by atoms with Crippen molar-refractivity contribution in [1.29, 1.82) is 0 Å². The lowest BCUT2D eigenvalue weighted by molar-refractivity contribution is -0.385. The molecule has 26 heavy (non-hydrogen) atoms. The first-order valence-corrected chi connectivity index (χ1v) is 7.89. The lowest BCUT2D eigenvalue weighted by Crippen LogP contribution is -2.55. The van der Waals surface area contributed by atoms with E-state index in [-0.39, 0.29) is 17.0 Å². The number of fused-ring (bicyclic) bond motifs is 1. The standard InChI is InChI=1S/C18H17FN2O5/c1-18(2)16(10-23)20(13-5-3-12(19)4-6-13)17-11(9-22)7-14(21(24)25)8-15(17)26-18/h3-8,10,16,22H,9H2,1-2H3. The Morgan fingerprint density at radius 3 is 2.54 bits per heavy atom. The summed E-state index contributed by atoms with van der Waals surface area (Å²) in [4.78, 5) is 24.1. The van der Waals surface area contributed by atoms with E-state index < -0.39 is 29.0 Å². The number of rotatable bonds is 4. The second kappa shape index (κ2) is 6.38. The molecular weight excluding hydrogens is 343 g/mol. The fraction of sp³-hybridized carbons (Fsp3) is 0.278. The van der Waals surface area contributed by atoms with E-state index in [0.29, 0.717) is 17.7 Å². The average molecular weight is 360 g/mol. The Balaban J connectivity index is 2.30. The molecule has 2 aromatic rings. The summed E-state index contributed by atoms with van der Waals surface area (Å²) in [5.74, 6) is -0.258. The van der Waals surface area contributed by atoms with Crippen LogP contribution in [0.15, 0.2) is 36.4 Å². The number of hydrogen-bond donors (Lipinski definition) is 1. The Bertz CT molecular complexity index is 867. The van der Waals surface area contributed by atoms with Crippen molar-refractivity contribution in [1.82, 2.24) is 0 Å². The maximum Gasteiger partial charge on any atom is 0.273 e. The number of anilines is 2. The molecular formula is C18H17FN2O5. The molecule has 0 fully saturated rings. The molecule has 1 unspecified atom stereocenters. The number of halogens is 1. The maximum atomic E-state index is 13.3. The van der Waals surface area contributed by atoms with Gasteiger partial charge in [0.15, 0.2) is 5.75 Å². The van der Waals surface area contributed by atoms with Gasteiger partial charge in [0.05, 0.1) is 23.3 Å². The van der Waals surface area contributed by atoms with Crippen LogP contribution >= 0.6 is 0 Å². The monoisotopic (exact) mass is 360 g/mol. The number of non-ortho nitro benzene ring substituents is 1. The van der Waals surface area contributed by atoms with Crippen molar-refractivity contribution in [3.63, 3.8) is 0 Å². The van der Waals surface area contributed by atoms with Crippen molar-refractivity contribution in [3.8, 4) is 5.75 Å². The van der Waals surface area contributed by atoms with Crippen molar-refractivity contribution in [3.05, 3.63) is 57.9 Å². The third-order valence-corrected chi connectivity index (χ3v) is 4.36. The SMILES string of the molecule is CC1(C)Oc2cc([N+](=O)[O-])cc(CO)c2N(c2ccc(F)cc2)C1C=O. The second-order valence-corrected chi connectivity index (χ2v) is 6.50. The molecule has 3 rings (SSSR count). The molecule has 0 radical (unpaired) electrons. The van der Waals surface area contributed by atoms with Crippen molar-refractivity contribution < 1.29 is 24.0 Å². The van der Waals surface area contributed by atoms with Gasteiger partial charge in [0.1, 0.15) is 23.7 Å². The van der Waals surface area contributed by atoms with Crippen LogP contribution in [0.25, 0.3) is 0 Å². The normalized spacial score (nSPS) is 18.0. The first-order valence-electron chi connectivity index (χ1n) is 7.89. The number of carbonyl (C=O) groups is 1. The fourth-order valence-corrected chi connectivity index (χ4v) is 3.14. The first-order chi connectivity index (χ1) is 12.3. The van der Waals surface area contributed by atoms with Crippen LogP contribution in [-0.2, 0) is 11.4 Å². The molecule has 1 heterocycles. The number of nitro benzene ring substituents is 1. The zero-order valence-corrected chi connectivity index (χ0v) is 14.2. The second-order valence-electron chi connectivity index (χ2n) is 6.50. The molecule has 0 aliphatic carbocycles. The molecule has 0 aromatic heterocycles. The lowest BCUT2D eigenvalue weighted by atomic mass is 9.92. The van der Waals surface area contributed by atoms with Crippen molar-refractivity contribution in [2.75, 3.05) is 4.90 Å². The van der Waals surface area contributed by atoms with Gasteiger partial charge >= 0.3 is 0 Å². The van der Waals surface area contributed by atoms with Gasteiger partial charge in [-0.15, -0.1) is 0 Å². The zero-order valence-electron chi connectivity index (χ0n) is 14.2. The van der Waals surface area contributed by atoms with Gasteiger partial charge < -0.3 is 19.5 Å². The topological polar surface area (TPSA) is 92.9 Å². The zero-order chi connectivity index (χ0) is 19.1. The van der Waals surface area contributed by atoms with Crippen LogP contribution in [0.1, 0.15) is 19.4 Å². The van der Waals surface area contributed by atoms with Gasteiger partial charge in [0.2, 0.25) is 0 Å². The minimum atomic E-state index is -1.01. The number of aliphatic hydroxyl groups is 1. The first kappa shape index (κ1) is 17.8. The number of nitrogens with zero attached hydrogens (tertiary/aromatic N) is 2. The molecule has 1 atom stereocenters. The predicted molar refractivity (Wildman–Crippen MR) is 92.1 cm³/mol. The van der Waals surface area contributed by atoms with Crippen LogP contribution in [0.4, 0.5) is 21.5 Å². The molecule has 0 bridgehead atoms. The van der Waals surface area contributed by atoms with Crippen LogP contribution < -0.4 is 9.64 Å². The van der Waals surface area contributed by atoms with Gasteiger partial charge in [0.25, 0.3) is 5.69 Å². The van der Waals surface area contributed by atoms with E-state index in [1.165, 1.54) is 36.4 Å². The molecule has 7 nitrogen and oxygen atoms in total.